The summed E-state index contributed by atoms with van der Waals surface area (Å²) in [6.07, 6.45) is 13.5. The van der Waals surface area contributed by atoms with Crippen LogP contribution in [0.15, 0.2) is 54.6 Å². The standard InChI is InChI=1S/C24H28F2/c1-2-3-4-18-5-7-19(8-6-18)9-10-20-11-13-21(14-12-20)22-15-16-23(25)24(26)17-22/h2-3,11-19H,4-10H2,1H3/b3-2+. The number of aryl methyl sites for hydroxylation is 1. The van der Waals surface area contributed by atoms with E-state index in [1.807, 2.05) is 12.1 Å². The molecule has 0 heterocycles. The minimum atomic E-state index is -0.800. The lowest BCUT2D eigenvalue weighted by molar-refractivity contribution is 0.265. The first kappa shape index (κ1) is 18.8. The Hall–Kier alpha value is -1.96. The predicted octanol–water partition coefficient (Wildman–Crippen LogP) is 7.34. The first-order valence-electron chi connectivity index (χ1n) is 9.81. The molecule has 3 rings (SSSR count). The Morgan fingerprint density at radius 1 is 0.846 bits per heavy atom. The molecule has 1 saturated carbocycles. The Kier molecular flexibility index (Phi) is 6.60. The van der Waals surface area contributed by atoms with Gasteiger partial charge in [-0.25, -0.2) is 8.78 Å². The second kappa shape index (κ2) is 9.12. The molecule has 0 bridgehead atoms. The lowest BCUT2D eigenvalue weighted by Gasteiger charge is -2.28. The first-order valence-corrected chi connectivity index (χ1v) is 9.81. The number of allylic oxidation sites excluding steroid dienone is 2. The van der Waals surface area contributed by atoms with Crippen LogP contribution in [0.25, 0.3) is 11.1 Å². The van der Waals surface area contributed by atoms with Gasteiger partial charge in [-0.05, 0) is 79.7 Å². The van der Waals surface area contributed by atoms with Crippen LogP contribution >= 0.6 is 0 Å². The molecule has 2 heteroatoms. The molecule has 138 valence electrons. The molecule has 0 nitrogen and oxygen atoms in total. The van der Waals surface area contributed by atoms with E-state index in [0.717, 1.165) is 29.4 Å². The van der Waals surface area contributed by atoms with E-state index in [-0.39, 0.29) is 0 Å². The van der Waals surface area contributed by atoms with Crippen molar-refractivity contribution in [1.29, 1.82) is 0 Å². The number of hydrogen-bond donors (Lipinski definition) is 0. The van der Waals surface area contributed by atoms with Crippen molar-refractivity contribution in [2.75, 3.05) is 0 Å². The van der Waals surface area contributed by atoms with Gasteiger partial charge in [-0.2, -0.15) is 0 Å². The highest BCUT2D eigenvalue weighted by Gasteiger charge is 2.20. The van der Waals surface area contributed by atoms with E-state index in [2.05, 4.69) is 31.2 Å². The van der Waals surface area contributed by atoms with Crippen LogP contribution in [0, 0.1) is 23.5 Å². The van der Waals surface area contributed by atoms with Crippen molar-refractivity contribution in [2.45, 2.75) is 51.9 Å². The fourth-order valence-corrected chi connectivity index (χ4v) is 3.99. The summed E-state index contributed by atoms with van der Waals surface area (Å²) in [5.74, 6) is 0.142. The Morgan fingerprint density at radius 3 is 2.15 bits per heavy atom. The van der Waals surface area contributed by atoms with Gasteiger partial charge in [0.15, 0.2) is 11.6 Å². The molecule has 1 aliphatic carbocycles. The van der Waals surface area contributed by atoms with E-state index in [1.165, 1.54) is 56.2 Å². The second-order valence-electron chi connectivity index (χ2n) is 7.56. The number of benzene rings is 2. The fraction of sp³-hybridized carbons (Fsp3) is 0.417. The molecule has 0 amide bonds. The van der Waals surface area contributed by atoms with Crippen LogP contribution in [0.4, 0.5) is 8.78 Å². The van der Waals surface area contributed by atoms with Crippen LogP contribution in [0.1, 0.15) is 51.0 Å². The highest BCUT2D eigenvalue weighted by Crippen LogP contribution is 2.33. The average Bonchev–Trinajstić information content (AvgIpc) is 2.68. The molecule has 2 aromatic rings. The highest BCUT2D eigenvalue weighted by molar-refractivity contribution is 5.63. The van der Waals surface area contributed by atoms with Crippen LogP contribution < -0.4 is 0 Å². The van der Waals surface area contributed by atoms with Gasteiger partial charge in [-0.1, -0.05) is 55.3 Å². The average molecular weight is 354 g/mol. The molecule has 0 aromatic heterocycles. The predicted molar refractivity (Wildman–Crippen MR) is 105 cm³/mol. The van der Waals surface area contributed by atoms with Crippen LogP contribution in [0.2, 0.25) is 0 Å². The summed E-state index contributed by atoms with van der Waals surface area (Å²) in [6.45, 7) is 2.10. The molecular weight excluding hydrogens is 326 g/mol. The van der Waals surface area contributed by atoms with E-state index in [4.69, 9.17) is 0 Å². The lowest BCUT2D eigenvalue weighted by Crippen LogP contribution is -2.14. The van der Waals surface area contributed by atoms with Gasteiger partial charge in [-0.3, -0.25) is 0 Å². The zero-order valence-electron chi connectivity index (χ0n) is 15.6. The third kappa shape index (κ3) is 5.03. The quantitative estimate of drug-likeness (QED) is 0.476. The Morgan fingerprint density at radius 2 is 1.50 bits per heavy atom. The molecule has 2 aromatic carbocycles. The summed E-state index contributed by atoms with van der Waals surface area (Å²) in [6, 6.07) is 12.3. The van der Waals surface area contributed by atoms with Gasteiger partial charge in [0.25, 0.3) is 0 Å². The summed E-state index contributed by atoms with van der Waals surface area (Å²) in [5.41, 5.74) is 2.97. The maximum absolute atomic E-state index is 13.4. The molecule has 1 fully saturated rings. The topological polar surface area (TPSA) is 0 Å². The Balaban J connectivity index is 1.50. The summed E-state index contributed by atoms with van der Waals surface area (Å²) >= 11 is 0. The van der Waals surface area contributed by atoms with Crippen molar-refractivity contribution in [3.8, 4) is 11.1 Å². The van der Waals surface area contributed by atoms with Crippen LogP contribution in [-0.2, 0) is 6.42 Å². The Bertz CT molecular complexity index is 722. The number of hydrogen-bond acceptors (Lipinski definition) is 0. The molecular formula is C24H28F2. The van der Waals surface area contributed by atoms with Crippen LogP contribution in [0.5, 0.6) is 0 Å². The SMILES string of the molecule is C/C=C/CC1CCC(CCc2ccc(-c3ccc(F)c(F)c3)cc2)CC1. The zero-order valence-corrected chi connectivity index (χ0v) is 15.6. The Labute approximate surface area is 156 Å². The second-order valence-corrected chi connectivity index (χ2v) is 7.56. The number of rotatable bonds is 6. The molecule has 0 unspecified atom stereocenters. The molecule has 26 heavy (non-hydrogen) atoms. The van der Waals surface area contributed by atoms with Gasteiger partial charge in [0, 0.05) is 0 Å². The van der Waals surface area contributed by atoms with Gasteiger partial charge in [0.1, 0.15) is 0 Å². The molecule has 0 saturated heterocycles. The maximum Gasteiger partial charge on any atom is 0.159 e. The van der Waals surface area contributed by atoms with Crippen molar-refractivity contribution >= 4 is 0 Å². The van der Waals surface area contributed by atoms with Crippen molar-refractivity contribution in [2.24, 2.45) is 11.8 Å². The maximum atomic E-state index is 13.4. The molecule has 0 aliphatic heterocycles. The van der Waals surface area contributed by atoms with E-state index >= 15 is 0 Å². The van der Waals surface area contributed by atoms with Gasteiger partial charge in [-0.15, -0.1) is 0 Å². The van der Waals surface area contributed by atoms with Crippen molar-refractivity contribution in [1.82, 2.24) is 0 Å². The monoisotopic (exact) mass is 354 g/mol. The lowest BCUT2D eigenvalue weighted by atomic mass is 9.78. The summed E-state index contributed by atoms with van der Waals surface area (Å²) in [4.78, 5) is 0. The third-order valence-electron chi connectivity index (χ3n) is 5.72. The summed E-state index contributed by atoms with van der Waals surface area (Å²) < 4.78 is 26.5. The van der Waals surface area contributed by atoms with Crippen LogP contribution in [0.3, 0.4) is 0 Å². The van der Waals surface area contributed by atoms with E-state index in [9.17, 15) is 8.78 Å². The van der Waals surface area contributed by atoms with Gasteiger partial charge in [0.2, 0.25) is 0 Å². The normalized spacial score (nSPS) is 20.6. The minimum absolute atomic E-state index is 0.718. The van der Waals surface area contributed by atoms with Gasteiger partial charge < -0.3 is 0 Å². The smallest absolute Gasteiger partial charge is 0.159 e. The highest BCUT2D eigenvalue weighted by atomic mass is 19.2. The van der Waals surface area contributed by atoms with Crippen molar-refractivity contribution in [3.05, 3.63) is 71.8 Å². The van der Waals surface area contributed by atoms with Crippen LogP contribution in [-0.4, -0.2) is 0 Å². The van der Waals surface area contributed by atoms with Gasteiger partial charge in [0.05, 0.1) is 0 Å². The summed E-state index contributed by atoms with van der Waals surface area (Å²) in [5, 5.41) is 0. The molecule has 0 spiro atoms. The third-order valence-corrected chi connectivity index (χ3v) is 5.72. The van der Waals surface area contributed by atoms with Gasteiger partial charge >= 0.3 is 0 Å². The molecule has 0 atom stereocenters. The molecule has 0 N–H and O–H groups in total. The van der Waals surface area contributed by atoms with Crippen molar-refractivity contribution in [3.63, 3.8) is 0 Å². The van der Waals surface area contributed by atoms with E-state index < -0.39 is 11.6 Å². The van der Waals surface area contributed by atoms with Crippen molar-refractivity contribution < 1.29 is 8.78 Å². The van der Waals surface area contributed by atoms with E-state index in [0.29, 0.717) is 0 Å². The molecule has 0 radical (unpaired) electrons. The number of halogens is 2. The first-order chi connectivity index (χ1) is 12.7. The fourth-order valence-electron chi connectivity index (χ4n) is 3.99. The zero-order chi connectivity index (χ0) is 18.4. The molecule has 1 aliphatic rings. The minimum Gasteiger partial charge on any atom is -0.204 e. The largest absolute Gasteiger partial charge is 0.204 e. The summed E-state index contributed by atoms with van der Waals surface area (Å²) in [7, 11) is 0. The van der Waals surface area contributed by atoms with E-state index in [1.54, 1.807) is 6.07 Å².